The highest BCUT2D eigenvalue weighted by Gasteiger charge is 2.11. The van der Waals surface area contributed by atoms with E-state index >= 15 is 0 Å². The maximum absolute atomic E-state index is 12.1. The molecule has 0 heterocycles. The molecule has 1 N–H and O–H groups in total. The van der Waals surface area contributed by atoms with Gasteiger partial charge in [0.1, 0.15) is 5.75 Å². The maximum Gasteiger partial charge on any atom is 0.383 e. The van der Waals surface area contributed by atoms with E-state index in [-0.39, 0.29) is 17.7 Å². The van der Waals surface area contributed by atoms with Crippen LogP contribution in [0.25, 0.3) is 11.1 Å². The lowest BCUT2D eigenvalue weighted by Gasteiger charge is -2.10. The molecule has 0 aliphatic heterocycles. The van der Waals surface area contributed by atoms with Gasteiger partial charge in [-0.15, -0.1) is 0 Å². The number of ether oxygens (including phenoxy) is 1. The number of rotatable bonds is 9. The molecule has 0 aliphatic carbocycles. The Balaban J connectivity index is 2.15. The minimum atomic E-state index is -1.68. The van der Waals surface area contributed by atoms with Gasteiger partial charge in [0.15, 0.2) is 5.75 Å². The Morgan fingerprint density at radius 3 is 2.39 bits per heavy atom. The summed E-state index contributed by atoms with van der Waals surface area (Å²) in [5.41, 5.74) is 2.37. The van der Waals surface area contributed by atoms with Crippen LogP contribution in [0.4, 0.5) is 8.78 Å². The van der Waals surface area contributed by atoms with Crippen molar-refractivity contribution in [3.05, 3.63) is 72.3 Å². The van der Waals surface area contributed by atoms with Crippen molar-refractivity contribution in [3.8, 4) is 22.6 Å². The van der Waals surface area contributed by atoms with Crippen molar-refractivity contribution in [2.24, 2.45) is 0 Å². The first kappa shape index (κ1) is 21.1. The molecule has 0 bridgehead atoms. The van der Waals surface area contributed by atoms with E-state index in [2.05, 4.69) is 11.5 Å². The molecule has 0 fully saturated rings. The van der Waals surface area contributed by atoms with Gasteiger partial charge in [-0.2, -0.15) is 8.78 Å². The summed E-state index contributed by atoms with van der Waals surface area (Å²) in [6.07, 6.45) is -0.00596. The third-order valence-electron chi connectivity index (χ3n) is 3.83. The average molecular weight is 390 g/mol. The molecule has 28 heavy (non-hydrogen) atoms. The standard InChI is InChI=1S/C21H20F2O5/c1-14(13-24)21(25)28-27-19-11-17(10-18(12-19)26-2)16-8-6-15(7-9-16)4-3-5-20(22)23/h5-12,24H,1,3-4,13H2,2H3. The number of carbonyl (C=O) groups excluding carboxylic acids is 1. The van der Waals surface area contributed by atoms with Crippen LogP contribution in [0.5, 0.6) is 11.5 Å². The molecule has 0 aromatic heterocycles. The lowest BCUT2D eigenvalue weighted by atomic mass is 10.0. The first-order chi connectivity index (χ1) is 13.4. The van der Waals surface area contributed by atoms with Crippen LogP contribution in [0.15, 0.2) is 66.8 Å². The molecule has 2 aromatic carbocycles. The predicted molar refractivity (Wildman–Crippen MR) is 100.0 cm³/mol. The van der Waals surface area contributed by atoms with E-state index in [0.717, 1.165) is 22.8 Å². The fourth-order valence-electron chi connectivity index (χ4n) is 2.33. The molecular weight excluding hydrogens is 370 g/mol. The topological polar surface area (TPSA) is 65.0 Å². The summed E-state index contributed by atoms with van der Waals surface area (Å²) in [6.45, 7) is 2.81. The average Bonchev–Trinajstić information content (AvgIpc) is 2.71. The summed E-state index contributed by atoms with van der Waals surface area (Å²) in [5.74, 6) is -0.173. The molecule has 2 aromatic rings. The number of benzene rings is 2. The normalized spacial score (nSPS) is 10.1. The first-order valence-electron chi connectivity index (χ1n) is 8.40. The second kappa shape index (κ2) is 10.2. The van der Waals surface area contributed by atoms with E-state index in [9.17, 15) is 13.6 Å². The van der Waals surface area contributed by atoms with Gasteiger partial charge in [0.05, 0.1) is 19.3 Å². The van der Waals surface area contributed by atoms with Crippen LogP contribution in [0.1, 0.15) is 12.0 Å². The third kappa shape index (κ3) is 6.21. The van der Waals surface area contributed by atoms with Crippen LogP contribution in [0.3, 0.4) is 0 Å². The highest BCUT2D eigenvalue weighted by molar-refractivity contribution is 5.87. The largest absolute Gasteiger partial charge is 0.497 e. The lowest BCUT2D eigenvalue weighted by molar-refractivity contribution is -0.209. The monoisotopic (exact) mass is 390 g/mol. The zero-order valence-electron chi connectivity index (χ0n) is 15.3. The Hall–Kier alpha value is -3.19. The molecule has 148 valence electrons. The highest BCUT2D eigenvalue weighted by atomic mass is 19.3. The fraction of sp³-hybridized carbons (Fsp3) is 0.190. The summed E-state index contributed by atoms with van der Waals surface area (Å²) in [6, 6.07) is 12.4. The lowest BCUT2D eigenvalue weighted by Crippen LogP contribution is -2.12. The third-order valence-corrected chi connectivity index (χ3v) is 3.83. The smallest absolute Gasteiger partial charge is 0.383 e. The van der Waals surface area contributed by atoms with Gasteiger partial charge < -0.3 is 9.84 Å². The van der Waals surface area contributed by atoms with Crippen molar-refractivity contribution in [1.29, 1.82) is 0 Å². The Labute approximate surface area is 161 Å². The van der Waals surface area contributed by atoms with Crippen molar-refractivity contribution in [3.63, 3.8) is 0 Å². The van der Waals surface area contributed by atoms with Gasteiger partial charge in [-0.25, -0.2) is 9.68 Å². The zero-order chi connectivity index (χ0) is 20.5. The van der Waals surface area contributed by atoms with Crippen LogP contribution in [-0.4, -0.2) is 24.8 Å². The minimum absolute atomic E-state index is 0.138. The van der Waals surface area contributed by atoms with Gasteiger partial charge in [0.25, 0.3) is 6.08 Å². The van der Waals surface area contributed by atoms with Crippen molar-refractivity contribution in [1.82, 2.24) is 0 Å². The van der Waals surface area contributed by atoms with E-state index < -0.39 is 18.7 Å². The summed E-state index contributed by atoms with van der Waals surface area (Å²) in [5, 5.41) is 8.86. The summed E-state index contributed by atoms with van der Waals surface area (Å²) in [7, 11) is 1.49. The summed E-state index contributed by atoms with van der Waals surface area (Å²) < 4.78 is 29.4. The van der Waals surface area contributed by atoms with Crippen molar-refractivity contribution >= 4 is 5.97 Å². The van der Waals surface area contributed by atoms with Gasteiger partial charge in [-0.05, 0) is 47.7 Å². The molecule has 2 rings (SSSR count). The van der Waals surface area contributed by atoms with E-state index in [1.165, 1.54) is 13.2 Å². The zero-order valence-corrected chi connectivity index (χ0v) is 15.3. The number of aryl methyl sites for hydroxylation is 1. The molecule has 7 heteroatoms. The molecule has 0 saturated carbocycles. The van der Waals surface area contributed by atoms with Gasteiger partial charge in [0, 0.05) is 6.07 Å². The highest BCUT2D eigenvalue weighted by Crippen LogP contribution is 2.30. The van der Waals surface area contributed by atoms with Crippen molar-refractivity contribution in [2.45, 2.75) is 12.8 Å². The van der Waals surface area contributed by atoms with Crippen LogP contribution in [-0.2, 0) is 16.1 Å². The first-order valence-corrected chi connectivity index (χ1v) is 8.40. The Bertz CT molecular complexity index is 856. The molecule has 0 aliphatic rings. The Kier molecular flexibility index (Phi) is 7.71. The molecule has 0 unspecified atom stereocenters. The number of methoxy groups -OCH3 is 1. The van der Waals surface area contributed by atoms with Crippen LogP contribution < -0.4 is 9.62 Å². The number of allylic oxidation sites excluding steroid dienone is 1. The van der Waals surface area contributed by atoms with Crippen molar-refractivity contribution < 1.29 is 33.2 Å². The molecular formula is C21H20F2O5. The second-order valence-corrected chi connectivity index (χ2v) is 5.84. The SMILES string of the molecule is C=C(CO)C(=O)OOc1cc(OC)cc(-c2ccc(CCC=C(F)F)cc2)c1. The van der Waals surface area contributed by atoms with Crippen molar-refractivity contribution in [2.75, 3.05) is 13.7 Å². The van der Waals surface area contributed by atoms with E-state index in [1.807, 2.05) is 24.3 Å². The molecule has 0 amide bonds. The summed E-state index contributed by atoms with van der Waals surface area (Å²) in [4.78, 5) is 21.2. The maximum atomic E-state index is 12.1. The van der Waals surface area contributed by atoms with Crippen LogP contribution in [0, 0.1) is 0 Å². The Morgan fingerprint density at radius 1 is 1.11 bits per heavy atom. The van der Waals surface area contributed by atoms with Gasteiger partial charge in [-0.3, -0.25) is 4.89 Å². The predicted octanol–water partition coefficient (Wildman–Crippen LogP) is 4.46. The molecule has 0 saturated heterocycles. The number of hydrogen-bond donors (Lipinski definition) is 1. The molecule has 5 nitrogen and oxygen atoms in total. The number of hydrogen-bond acceptors (Lipinski definition) is 5. The molecule has 0 atom stereocenters. The van der Waals surface area contributed by atoms with Crippen LogP contribution >= 0.6 is 0 Å². The van der Waals surface area contributed by atoms with E-state index in [1.54, 1.807) is 12.1 Å². The van der Waals surface area contributed by atoms with Crippen LogP contribution in [0.2, 0.25) is 0 Å². The van der Waals surface area contributed by atoms with Gasteiger partial charge in [0.2, 0.25) is 0 Å². The molecule has 0 spiro atoms. The van der Waals surface area contributed by atoms with Gasteiger partial charge in [-0.1, -0.05) is 30.8 Å². The number of carbonyl (C=O) groups is 1. The number of aliphatic hydroxyl groups excluding tert-OH is 1. The van der Waals surface area contributed by atoms with E-state index in [4.69, 9.17) is 14.7 Å². The second-order valence-electron chi connectivity index (χ2n) is 5.84. The molecule has 0 radical (unpaired) electrons. The number of halogens is 2. The summed E-state index contributed by atoms with van der Waals surface area (Å²) >= 11 is 0. The quantitative estimate of drug-likeness (QED) is 0.389. The fourth-order valence-corrected chi connectivity index (χ4v) is 2.33. The number of aliphatic hydroxyl groups is 1. The van der Waals surface area contributed by atoms with E-state index in [0.29, 0.717) is 12.2 Å². The minimum Gasteiger partial charge on any atom is -0.497 e. The Morgan fingerprint density at radius 2 is 1.79 bits per heavy atom. The van der Waals surface area contributed by atoms with Gasteiger partial charge >= 0.3 is 5.97 Å².